The molecule has 0 aromatic heterocycles. The lowest BCUT2D eigenvalue weighted by molar-refractivity contribution is 0.0477. The number of likely N-dealkylation sites (tertiary alicyclic amines) is 1. The van der Waals surface area contributed by atoms with Crippen LogP contribution in [0.1, 0.15) is 69.1 Å². The van der Waals surface area contributed by atoms with Gasteiger partial charge in [0, 0.05) is 25.7 Å². The van der Waals surface area contributed by atoms with Crippen molar-refractivity contribution in [2.24, 2.45) is 0 Å². The molecule has 2 aromatic rings. The number of nitrogens with one attached hydrogen (secondary N) is 1. The van der Waals surface area contributed by atoms with E-state index in [0.29, 0.717) is 0 Å². The minimum atomic E-state index is -0.458. The van der Waals surface area contributed by atoms with Crippen molar-refractivity contribution in [1.29, 1.82) is 0 Å². The molecule has 2 aliphatic rings. The molecule has 1 aliphatic carbocycles. The van der Waals surface area contributed by atoms with Crippen molar-refractivity contribution >= 4 is 12.2 Å². The molecule has 0 unspecified atom stereocenters. The van der Waals surface area contributed by atoms with E-state index < -0.39 is 5.60 Å². The molecule has 1 amide bonds. The second-order valence-corrected chi connectivity index (χ2v) is 10.2. The lowest BCUT2D eigenvalue weighted by atomic mass is 10.0. The first-order valence-corrected chi connectivity index (χ1v) is 12.5. The number of hydrogen-bond donors (Lipinski definition) is 2. The number of aliphatic hydroxyl groups is 1. The number of ether oxygens (including phenoxy) is 1. The Morgan fingerprint density at radius 2 is 1.76 bits per heavy atom. The van der Waals surface area contributed by atoms with Gasteiger partial charge in [0.05, 0.1) is 6.61 Å². The van der Waals surface area contributed by atoms with Crippen LogP contribution in [0.5, 0.6) is 0 Å². The van der Waals surface area contributed by atoms with Gasteiger partial charge in [0.1, 0.15) is 5.60 Å². The summed E-state index contributed by atoms with van der Waals surface area (Å²) in [6.07, 6.45) is 8.03. The van der Waals surface area contributed by atoms with E-state index in [9.17, 15) is 4.79 Å². The second-order valence-electron chi connectivity index (χ2n) is 10.2. The van der Waals surface area contributed by atoms with Crippen LogP contribution >= 0.6 is 0 Å². The maximum Gasteiger partial charge on any atom is 0.407 e. The van der Waals surface area contributed by atoms with E-state index in [1.807, 2.05) is 39.0 Å². The van der Waals surface area contributed by atoms with Crippen LogP contribution in [0.4, 0.5) is 4.79 Å². The molecule has 2 N–H and O–H groups in total. The normalized spacial score (nSPS) is 17.2. The van der Waals surface area contributed by atoms with Gasteiger partial charge >= 0.3 is 6.09 Å². The van der Waals surface area contributed by atoms with Gasteiger partial charge in [0.15, 0.2) is 0 Å². The molecule has 34 heavy (non-hydrogen) atoms. The molecule has 2 fully saturated rings. The zero-order valence-electron chi connectivity index (χ0n) is 20.9. The average molecular weight is 465 g/mol. The molecule has 0 atom stereocenters. The Hall–Kier alpha value is -2.63. The monoisotopic (exact) mass is 464 g/mol. The third-order valence-electron chi connectivity index (χ3n) is 5.93. The number of carbonyl (C=O) groups is 1. The summed E-state index contributed by atoms with van der Waals surface area (Å²) in [7, 11) is 0. The number of rotatable bonds is 6. The van der Waals surface area contributed by atoms with Crippen molar-refractivity contribution < 1.29 is 14.6 Å². The third kappa shape index (κ3) is 9.70. The quantitative estimate of drug-likeness (QED) is 0.572. The average Bonchev–Trinajstić information content (AvgIpc) is 3.65. The summed E-state index contributed by atoms with van der Waals surface area (Å²) < 4.78 is 5.32. The molecular weight excluding hydrogens is 424 g/mol. The summed E-state index contributed by atoms with van der Waals surface area (Å²) in [4.78, 5) is 14.3. The van der Waals surface area contributed by atoms with Crippen LogP contribution < -0.4 is 5.32 Å². The maximum atomic E-state index is 11.9. The lowest BCUT2D eigenvalue weighted by Crippen LogP contribution is -2.45. The van der Waals surface area contributed by atoms with Crippen LogP contribution in [0.25, 0.3) is 6.08 Å². The van der Waals surface area contributed by atoms with Crippen LogP contribution in [0.15, 0.2) is 60.7 Å². The first kappa shape index (κ1) is 26.0. The minimum absolute atomic E-state index is 0.0579. The Morgan fingerprint density at radius 1 is 1.06 bits per heavy atom. The van der Waals surface area contributed by atoms with E-state index in [1.165, 1.54) is 24.0 Å². The van der Waals surface area contributed by atoms with Crippen LogP contribution in [0.2, 0.25) is 0 Å². The molecule has 2 aromatic carbocycles. The van der Waals surface area contributed by atoms with E-state index in [-0.39, 0.29) is 18.7 Å². The van der Waals surface area contributed by atoms with E-state index in [1.54, 1.807) is 6.08 Å². The number of benzene rings is 2. The number of amides is 1. The lowest BCUT2D eigenvalue weighted by Gasteiger charge is -2.32. The van der Waals surface area contributed by atoms with Gasteiger partial charge in [-0.05, 0) is 69.1 Å². The van der Waals surface area contributed by atoms with Gasteiger partial charge in [-0.25, -0.2) is 4.79 Å². The van der Waals surface area contributed by atoms with E-state index in [2.05, 4.69) is 52.7 Å². The number of carbonyl (C=O) groups excluding carboxylic acids is 1. The molecule has 4 rings (SSSR count). The van der Waals surface area contributed by atoms with Crippen molar-refractivity contribution in [3.63, 3.8) is 0 Å². The first-order valence-electron chi connectivity index (χ1n) is 12.5. The highest BCUT2D eigenvalue weighted by atomic mass is 16.6. The van der Waals surface area contributed by atoms with Crippen molar-refractivity contribution in [3.8, 4) is 0 Å². The molecular formula is C29H40N2O3. The van der Waals surface area contributed by atoms with Gasteiger partial charge in [-0.2, -0.15) is 0 Å². The van der Waals surface area contributed by atoms with Crippen LogP contribution in [0.3, 0.4) is 0 Å². The largest absolute Gasteiger partial charge is 0.444 e. The fourth-order valence-electron chi connectivity index (χ4n) is 4.09. The predicted octanol–water partition coefficient (Wildman–Crippen LogP) is 5.75. The molecule has 0 bridgehead atoms. The second kappa shape index (κ2) is 12.7. The smallest absolute Gasteiger partial charge is 0.407 e. The number of alkyl carbamates (subject to hydrolysis) is 1. The molecule has 5 nitrogen and oxygen atoms in total. The van der Waals surface area contributed by atoms with Crippen LogP contribution in [-0.4, -0.2) is 47.4 Å². The molecule has 0 radical (unpaired) electrons. The summed E-state index contributed by atoms with van der Waals surface area (Å²) in [6, 6.07) is 19.3. The summed E-state index contributed by atoms with van der Waals surface area (Å²) in [5.41, 5.74) is 3.43. The van der Waals surface area contributed by atoms with Crippen molar-refractivity contribution in [1.82, 2.24) is 10.2 Å². The minimum Gasteiger partial charge on any atom is -0.444 e. The first-order chi connectivity index (χ1) is 16.3. The molecule has 0 spiro atoms. The summed E-state index contributed by atoms with van der Waals surface area (Å²) in [6.45, 7) is 8.49. The number of aliphatic hydroxyl groups excluding tert-OH is 1. The summed E-state index contributed by atoms with van der Waals surface area (Å²) >= 11 is 0. The summed E-state index contributed by atoms with van der Waals surface area (Å²) in [5.74, 6) is 0.909. The van der Waals surface area contributed by atoms with Gasteiger partial charge in [-0.3, -0.25) is 4.90 Å². The van der Waals surface area contributed by atoms with Crippen molar-refractivity contribution in [2.45, 2.75) is 70.6 Å². The third-order valence-corrected chi connectivity index (χ3v) is 5.93. The molecule has 1 aliphatic heterocycles. The number of nitrogens with zero attached hydrogens (tertiary/aromatic N) is 1. The molecule has 5 heteroatoms. The zero-order valence-corrected chi connectivity index (χ0v) is 20.9. The number of piperidine rings is 1. The Labute approximate surface area is 204 Å². The Bertz CT molecular complexity index is 908. The highest BCUT2D eigenvalue weighted by molar-refractivity contribution is 5.68. The molecule has 184 valence electrons. The molecule has 1 saturated heterocycles. The molecule has 1 heterocycles. The summed E-state index contributed by atoms with van der Waals surface area (Å²) in [5, 5.41) is 11.8. The Kier molecular flexibility index (Phi) is 9.73. The van der Waals surface area contributed by atoms with Crippen molar-refractivity contribution in [3.05, 3.63) is 77.4 Å². The van der Waals surface area contributed by atoms with E-state index in [4.69, 9.17) is 9.84 Å². The van der Waals surface area contributed by atoms with Crippen LogP contribution in [-0.2, 0) is 11.3 Å². The Morgan fingerprint density at radius 3 is 2.38 bits per heavy atom. The van der Waals surface area contributed by atoms with Gasteiger partial charge in [-0.1, -0.05) is 66.7 Å². The van der Waals surface area contributed by atoms with Gasteiger partial charge in [-0.15, -0.1) is 0 Å². The van der Waals surface area contributed by atoms with E-state index >= 15 is 0 Å². The van der Waals surface area contributed by atoms with Gasteiger partial charge < -0.3 is 15.2 Å². The SMILES string of the molecule is CC(C)(C)OC(=O)NC1CCN(Cc2cccc(/C=C/CO)c2)CC1.c1ccc(C2CC2)cc1. The highest BCUT2D eigenvalue weighted by Gasteiger charge is 2.24. The predicted molar refractivity (Wildman–Crippen MR) is 139 cm³/mol. The van der Waals surface area contributed by atoms with Gasteiger partial charge in [0.2, 0.25) is 0 Å². The van der Waals surface area contributed by atoms with Crippen LogP contribution in [0, 0.1) is 0 Å². The number of hydrogen-bond acceptors (Lipinski definition) is 4. The zero-order chi connectivity index (χ0) is 24.4. The topological polar surface area (TPSA) is 61.8 Å². The highest BCUT2D eigenvalue weighted by Crippen LogP contribution is 2.39. The van der Waals surface area contributed by atoms with Crippen molar-refractivity contribution in [2.75, 3.05) is 19.7 Å². The fraction of sp³-hybridized carbons (Fsp3) is 0.483. The van der Waals surface area contributed by atoms with Gasteiger partial charge in [0.25, 0.3) is 0 Å². The maximum absolute atomic E-state index is 11.9. The Balaban J connectivity index is 0.000000296. The fourth-order valence-corrected chi connectivity index (χ4v) is 4.09. The van der Waals surface area contributed by atoms with E-state index in [0.717, 1.165) is 44.0 Å². The molecule has 1 saturated carbocycles. The standard InChI is InChI=1S/C20H30N2O3.C9H10/c1-20(2,3)25-19(24)21-18-9-11-22(12-10-18)15-17-7-4-6-16(14-17)8-5-13-23;1-2-4-8(5-3-1)9-6-7-9/h4-8,14,18,23H,9-13,15H2,1-3H3,(H,21,24);1-5,9H,6-7H2/b8-5+;.